The van der Waals surface area contributed by atoms with Crippen molar-refractivity contribution in [2.45, 2.75) is 45.6 Å². The molecule has 1 aromatic heterocycles. The third kappa shape index (κ3) is 4.76. The minimum Gasteiger partial charge on any atom is -0.459 e. The van der Waals surface area contributed by atoms with Crippen molar-refractivity contribution in [1.82, 2.24) is 10.2 Å². The van der Waals surface area contributed by atoms with Crippen LogP contribution in [0.15, 0.2) is 47.1 Å². The van der Waals surface area contributed by atoms with Crippen LogP contribution in [0.4, 0.5) is 16.2 Å². The molecule has 5 amide bonds. The van der Waals surface area contributed by atoms with Gasteiger partial charge in [0.15, 0.2) is 5.76 Å². The molecule has 1 saturated heterocycles. The summed E-state index contributed by atoms with van der Waals surface area (Å²) in [5, 5.41) is 8.25. The minimum atomic E-state index is -0.938. The number of anilines is 2. The Kier molecular flexibility index (Phi) is 5.73. The SMILES string of the molecule is CC1CC(C)(C)CC2(C1)NC(=O)N(CC(=O)Nc1ccc(NC(=O)c3ccco3)cc1)C2=O. The second-order valence-electron chi connectivity index (χ2n) is 9.81. The normalized spacial score (nSPS) is 24.0. The van der Waals surface area contributed by atoms with Crippen LogP contribution in [0, 0.1) is 11.3 Å². The fraction of sp³-hybridized carbons (Fsp3) is 0.417. The molecule has 1 aromatic carbocycles. The summed E-state index contributed by atoms with van der Waals surface area (Å²) in [6.07, 6.45) is 3.52. The van der Waals surface area contributed by atoms with Gasteiger partial charge in [0.25, 0.3) is 11.8 Å². The summed E-state index contributed by atoms with van der Waals surface area (Å²) in [5.41, 5.74) is -0.0102. The molecule has 174 valence electrons. The van der Waals surface area contributed by atoms with E-state index in [2.05, 4.69) is 36.7 Å². The number of rotatable bonds is 5. The minimum absolute atomic E-state index is 0.0764. The Hall–Kier alpha value is -3.62. The first-order chi connectivity index (χ1) is 15.6. The van der Waals surface area contributed by atoms with Gasteiger partial charge in [0.05, 0.1) is 6.26 Å². The summed E-state index contributed by atoms with van der Waals surface area (Å²) >= 11 is 0. The first kappa shape index (κ1) is 22.6. The van der Waals surface area contributed by atoms with Crippen LogP contribution in [-0.4, -0.2) is 40.7 Å². The standard InChI is InChI=1S/C24H28N4O5/c1-15-11-23(2,3)14-24(12-15)21(31)28(22(32)27-24)13-19(29)25-16-6-8-17(9-7-16)26-20(30)18-5-4-10-33-18/h4-10,15H,11-14H2,1-3H3,(H,25,29)(H,26,30)(H,27,32). The first-order valence-corrected chi connectivity index (χ1v) is 11.0. The highest BCUT2D eigenvalue weighted by Gasteiger charge is 2.56. The number of hydrogen-bond donors (Lipinski definition) is 3. The predicted molar refractivity (Wildman–Crippen MR) is 122 cm³/mol. The number of carbonyl (C=O) groups excluding carboxylic acids is 4. The van der Waals surface area contributed by atoms with E-state index in [9.17, 15) is 19.2 Å². The Labute approximate surface area is 191 Å². The van der Waals surface area contributed by atoms with Gasteiger partial charge in [-0.05, 0) is 67.0 Å². The molecule has 2 fully saturated rings. The molecule has 3 N–H and O–H groups in total. The molecule has 4 rings (SSSR count). The van der Waals surface area contributed by atoms with Crippen molar-refractivity contribution in [3.8, 4) is 0 Å². The Bertz CT molecular complexity index is 1080. The summed E-state index contributed by atoms with van der Waals surface area (Å²) in [7, 11) is 0. The molecule has 2 atom stereocenters. The Morgan fingerprint density at radius 3 is 2.36 bits per heavy atom. The molecule has 1 spiro atoms. The van der Waals surface area contributed by atoms with Gasteiger partial charge in [0.1, 0.15) is 12.1 Å². The molecule has 2 heterocycles. The smallest absolute Gasteiger partial charge is 0.325 e. The molecule has 1 aliphatic carbocycles. The number of furan rings is 1. The molecule has 0 bridgehead atoms. The summed E-state index contributed by atoms with van der Waals surface area (Å²) in [6, 6.07) is 9.14. The van der Waals surface area contributed by atoms with Gasteiger partial charge in [0, 0.05) is 11.4 Å². The quantitative estimate of drug-likeness (QED) is 0.599. The lowest BCUT2D eigenvalue weighted by molar-refractivity contribution is -0.136. The average Bonchev–Trinajstić information content (AvgIpc) is 3.32. The van der Waals surface area contributed by atoms with Crippen molar-refractivity contribution < 1.29 is 23.6 Å². The molecular formula is C24H28N4O5. The number of amides is 5. The van der Waals surface area contributed by atoms with Crippen molar-refractivity contribution in [2.24, 2.45) is 11.3 Å². The van der Waals surface area contributed by atoms with Crippen molar-refractivity contribution in [3.05, 3.63) is 48.4 Å². The lowest BCUT2D eigenvalue weighted by atomic mass is 9.64. The molecule has 1 aliphatic heterocycles. The zero-order valence-corrected chi connectivity index (χ0v) is 18.9. The zero-order valence-electron chi connectivity index (χ0n) is 18.9. The predicted octanol–water partition coefficient (Wildman–Crippen LogP) is 3.61. The van der Waals surface area contributed by atoms with Gasteiger partial charge in [-0.25, -0.2) is 4.79 Å². The van der Waals surface area contributed by atoms with Crippen molar-refractivity contribution >= 4 is 35.1 Å². The van der Waals surface area contributed by atoms with Crippen LogP contribution in [0.1, 0.15) is 50.6 Å². The van der Waals surface area contributed by atoms with E-state index >= 15 is 0 Å². The third-order valence-corrected chi connectivity index (χ3v) is 6.10. The van der Waals surface area contributed by atoms with Gasteiger partial charge in [-0.1, -0.05) is 20.8 Å². The first-order valence-electron chi connectivity index (χ1n) is 11.0. The summed E-state index contributed by atoms with van der Waals surface area (Å²) in [4.78, 5) is 51.4. The van der Waals surface area contributed by atoms with Crippen molar-refractivity contribution in [2.75, 3.05) is 17.2 Å². The van der Waals surface area contributed by atoms with Crippen LogP contribution in [0.3, 0.4) is 0 Å². The maximum atomic E-state index is 13.2. The maximum Gasteiger partial charge on any atom is 0.325 e. The van der Waals surface area contributed by atoms with E-state index in [1.807, 2.05) is 0 Å². The Morgan fingerprint density at radius 1 is 1.09 bits per heavy atom. The fourth-order valence-corrected chi connectivity index (χ4v) is 5.23. The Balaban J connectivity index is 1.36. The summed E-state index contributed by atoms with van der Waals surface area (Å²) in [6.45, 7) is 5.91. The molecule has 2 aromatic rings. The topological polar surface area (TPSA) is 121 Å². The molecule has 9 nitrogen and oxygen atoms in total. The second kappa shape index (κ2) is 8.38. The van der Waals surface area contributed by atoms with Gasteiger partial charge in [0.2, 0.25) is 5.91 Å². The van der Waals surface area contributed by atoms with E-state index in [1.165, 1.54) is 6.26 Å². The number of carbonyl (C=O) groups is 4. The highest BCUT2D eigenvalue weighted by molar-refractivity contribution is 6.10. The Morgan fingerprint density at radius 2 is 1.76 bits per heavy atom. The van der Waals surface area contributed by atoms with Crippen molar-refractivity contribution in [3.63, 3.8) is 0 Å². The number of imide groups is 1. The molecule has 9 heteroatoms. The van der Waals surface area contributed by atoms with E-state index in [0.717, 1.165) is 11.3 Å². The fourth-order valence-electron chi connectivity index (χ4n) is 5.23. The van der Waals surface area contributed by atoms with Crippen LogP contribution < -0.4 is 16.0 Å². The number of urea groups is 1. The zero-order chi connectivity index (χ0) is 23.8. The van der Waals surface area contributed by atoms with Gasteiger partial charge in [-0.2, -0.15) is 0 Å². The van der Waals surface area contributed by atoms with Gasteiger partial charge >= 0.3 is 6.03 Å². The van der Waals surface area contributed by atoms with E-state index in [4.69, 9.17) is 4.42 Å². The van der Waals surface area contributed by atoms with E-state index in [1.54, 1.807) is 36.4 Å². The lowest BCUT2D eigenvalue weighted by Crippen LogP contribution is -2.54. The molecule has 0 radical (unpaired) electrons. The van der Waals surface area contributed by atoms with Crippen LogP contribution in [-0.2, 0) is 9.59 Å². The van der Waals surface area contributed by atoms with E-state index < -0.39 is 17.5 Å². The lowest BCUT2D eigenvalue weighted by Gasteiger charge is -2.43. The molecule has 2 aliphatic rings. The summed E-state index contributed by atoms with van der Waals surface area (Å²) < 4.78 is 5.05. The molecular weight excluding hydrogens is 424 g/mol. The van der Waals surface area contributed by atoms with Crippen LogP contribution >= 0.6 is 0 Å². The number of nitrogens with zero attached hydrogens (tertiary/aromatic N) is 1. The maximum absolute atomic E-state index is 13.2. The highest BCUT2D eigenvalue weighted by Crippen LogP contribution is 2.46. The monoisotopic (exact) mass is 452 g/mol. The number of nitrogens with one attached hydrogen (secondary N) is 3. The van der Waals surface area contributed by atoms with E-state index in [0.29, 0.717) is 30.1 Å². The second-order valence-corrected chi connectivity index (χ2v) is 9.81. The van der Waals surface area contributed by atoms with Crippen LogP contribution in [0.5, 0.6) is 0 Å². The summed E-state index contributed by atoms with van der Waals surface area (Å²) in [5.74, 6) is -0.721. The number of hydrogen-bond acceptors (Lipinski definition) is 5. The molecule has 1 saturated carbocycles. The van der Waals surface area contributed by atoms with Crippen molar-refractivity contribution in [1.29, 1.82) is 0 Å². The molecule has 33 heavy (non-hydrogen) atoms. The van der Waals surface area contributed by atoms with Crippen LogP contribution in [0.25, 0.3) is 0 Å². The average molecular weight is 453 g/mol. The largest absolute Gasteiger partial charge is 0.459 e. The van der Waals surface area contributed by atoms with Gasteiger partial charge in [-0.3, -0.25) is 19.3 Å². The number of benzene rings is 1. The van der Waals surface area contributed by atoms with Gasteiger partial charge < -0.3 is 20.4 Å². The highest BCUT2D eigenvalue weighted by atomic mass is 16.3. The third-order valence-electron chi connectivity index (χ3n) is 6.10. The van der Waals surface area contributed by atoms with Crippen LogP contribution in [0.2, 0.25) is 0 Å². The molecule has 2 unspecified atom stereocenters. The van der Waals surface area contributed by atoms with Gasteiger partial charge in [-0.15, -0.1) is 0 Å². The van der Waals surface area contributed by atoms with E-state index in [-0.39, 0.29) is 29.5 Å².